The Labute approximate surface area is 146 Å². The van der Waals surface area contributed by atoms with Crippen LogP contribution in [0.4, 0.5) is 0 Å². The summed E-state index contributed by atoms with van der Waals surface area (Å²) < 4.78 is 16.5. The van der Waals surface area contributed by atoms with Crippen molar-refractivity contribution in [3.63, 3.8) is 0 Å². The molecule has 1 aliphatic rings. The average molecular weight is 348 g/mol. The number of rotatable bonds is 10. The summed E-state index contributed by atoms with van der Waals surface area (Å²) in [6.07, 6.45) is 6.89. The standard InChI is InChI=1S/C18H24N2O3S/c1-14-13-15(23-20-14)7-5-3-2-4-6-11-21-17-9-8-16(24-17)18-19-10-12-22-18/h8-9,13H,2-7,10-12H2,1H3. The number of nitrogens with zero attached hydrogens (tertiary/aromatic N) is 2. The normalized spacial score (nSPS) is 13.8. The van der Waals surface area contributed by atoms with Gasteiger partial charge in [0.15, 0.2) is 5.06 Å². The molecule has 0 atom stereocenters. The van der Waals surface area contributed by atoms with Crippen molar-refractivity contribution >= 4 is 17.2 Å². The SMILES string of the molecule is Cc1cc(CCCCCCCOc2ccc(C3=NCCO3)s2)on1. The van der Waals surface area contributed by atoms with E-state index in [-0.39, 0.29) is 0 Å². The van der Waals surface area contributed by atoms with Crippen molar-refractivity contribution in [2.45, 2.75) is 45.4 Å². The zero-order valence-corrected chi connectivity index (χ0v) is 14.9. The lowest BCUT2D eigenvalue weighted by molar-refractivity contribution is 0.312. The fraction of sp³-hybridized carbons (Fsp3) is 0.556. The van der Waals surface area contributed by atoms with Crippen LogP contribution < -0.4 is 4.74 Å². The third kappa shape index (κ3) is 5.09. The summed E-state index contributed by atoms with van der Waals surface area (Å²) in [6, 6.07) is 6.05. The number of unbranched alkanes of at least 4 members (excludes halogenated alkanes) is 4. The van der Waals surface area contributed by atoms with Crippen molar-refractivity contribution in [1.82, 2.24) is 5.16 Å². The molecule has 2 aromatic rings. The summed E-state index contributed by atoms with van der Waals surface area (Å²) in [4.78, 5) is 5.38. The number of hydrogen-bond donors (Lipinski definition) is 0. The Balaban J connectivity index is 1.22. The average Bonchev–Trinajstić information content (AvgIpc) is 3.31. The molecule has 0 amide bonds. The zero-order valence-electron chi connectivity index (χ0n) is 14.1. The van der Waals surface area contributed by atoms with Crippen LogP contribution in [-0.2, 0) is 11.2 Å². The van der Waals surface area contributed by atoms with Gasteiger partial charge in [0, 0.05) is 12.5 Å². The summed E-state index contributed by atoms with van der Waals surface area (Å²) in [6.45, 7) is 4.19. The van der Waals surface area contributed by atoms with Crippen LogP contribution >= 0.6 is 11.3 Å². The summed E-state index contributed by atoms with van der Waals surface area (Å²) in [5.41, 5.74) is 0.963. The Morgan fingerprint density at radius 3 is 2.83 bits per heavy atom. The predicted molar refractivity (Wildman–Crippen MR) is 95.2 cm³/mol. The molecule has 0 fully saturated rings. The first-order chi connectivity index (χ1) is 11.8. The van der Waals surface area contributed by atoms with Crippen LogP contribution in [0.3, 0.4) is 0 Å². The van der Waals surface area contributed by atoms with Gasteiger partial charge in [-0.25, -0.2) is 4.99 Å². The highest BCUT2D eigenvalue weighted by molar-refractivity contribution is 7.15. The smallest absolute Gasteiger partial charge is 0.226 e. The minimum absolute atomic E-state index is 0.694. The van der Waals surface area contributed by atoms with E-state index in [1.807, 2.05) is 25.1 Å². The van der Waals surface area contributed by atoms with Crippen LogP contribution in [0.1, 0.15) is 48.4 Å². The lowest BCUT2D eigenvalue weighted by atomic mass is 10.1. The van der Waals surface area contributed by atoms with Gasteiger partial charge in [-0.1, -0.05) is 35.8 Å². The maximum atomic E-state index is 5.81. The molecule has 130 valence electrons. The van der Waals surface area contributed by atoms with Crippen LogP contribution in [0.5, 0.6) is 5.06 Å². The molecule has 0 saturated carbocycles. The van der Waals surface area contributed by atoms with Crippen LogP contribution in [0.25, 0.3) is 0 Å². The fourth-order valence-corrected chi connectivity index (χ4v) is 3.48. The molecule has 0 aromatic carbocycles. The Kier molecular flexibility index (Phi) is 6.29. The van der Waals surface area contributed by atoms with Gasteiger partial charge in [-0.3, -0.25) is 0 Å². The van der Waals surface area contributed by atoms with Crippen molar-refractivity contribution in [3.05, 3.63) is 34.5 Å². The molecule has 0 saturated heterocycles. The van der Waals surface area contributed by atoms with Crippen LogP contribution in [0.2, 0.25) is 0 Å². The Morgan fingerprint density at radius 1 is 1.17 bits per heavy atom. The van der Waals surface area contributed by atoms with E-state index in [9.17, 15) is 0 Å². The highest BCUT2D eigenvalue weighted by Crippen LogP contribution is 2.26. The first-order valence-electron chi connectivity index (χ1n) is 8.64. The fourth-order valence-electron chi connectivity index (χ4n) is 2.64. The van der Waals surface area contributed by atoms with Gasteiger partial charge in [0.1, 0.15) is 12.4 Å². The second-order valence-corrected chi connectivity index (χ2v) is 7.00. The Bertz CT molecular complexity index is 663. The van der Waals surface area contributed by atoms with Gasteiger partial charge in [-0.05, 0) is 31.9 Å². The van der Waals surface area contributed by atoms with Gasteiger partial charge in [0.05, 0.1) is 23.7 Å². The third-order valence-electron chi connectivity index (χ3n) is 3.87. The maximum Gasteiger partial charge on any atom is 0.226 e. The molecular formula is C18H24N2O3S. The van der Waals surface area contributed by atoms with Crippen LogP contribution in [0, 0.1) is 6.92 Å². The molecule has 6 heteroatoms. The molecule has 2 aromatic heterocycles. The van der Waals surface area contributed by atoms with E-state index in [0.29, 0.717) is 6.61 Å². The quantitative estimate of drug-likeness (QED) is 0.597. The van der Waals surface area contributed by atoms with E-state index < -0.39 is 0 Å². The summed E-state index contributed by atoms with van der Waals surface area (Å²) in [7, 11) is 0. The van der Waals surface area contributed by atoms with Crippen LogP contribution in [-0.4, -0.2) is 30.8 Å². The molecule has 0 spiro atoms. The third-order valence-corrected chi connectivity index (χ3v) is 4.85. The zero-order chi connectivity index (χ0) is 16.6. The van der Waals surface area contributed by atoms with Gasteiger partial charge in [-0.15, -0.1) is 0 Å². The van der Waals surface area contributed by atoms with Gasteiger partial charge >= 0.3 is 0 Å². The second-order valence-electron chi connectivity index (χ2n) is 5.95. The van der Waals surface area contributed by atoms with Crippen molar-refractivity contribution in [3.8, 4) is 5.06 Å². The van der Waals surface area contributed by atoms with E-state index in [1.165, 1.54) is 19.3 Å². The Morgan fingerprint density at radius 2 is 2.04 bits per heavy atom. The number of aryl methyl sites for hydroxylation is 2. The molecule has 5 nitrogen and oxygen atoms in total. The summed E-state index contributed by atoms with van der Waals surface area (Å²) in [5, 5.41) is 4.85. The van der Waals surface area contributed by atoms with Crippen molar-refractivity contribution in [2.24, 2.45) is 4.99 Å². The van der Waals surface area contributed by atoms with Gasteiger partial charge in [0.2, 0.25) is 5.90 Å². The molecule has 3 rings (SSSR count). The topological polar surface area (TPSA) is 56.9 Å². The number of aromatic nitrogens is 1. The molecule has 3 heterocycles. The highest BCUT2D eigenvalue weighted by atomic mass is 32.1. The molecule has 0 radical (unpaired) electrons. The Hall–Kier alpha value is -1.82. The second kappa shape index (κ2) is 8.87. The first kappa shape index (κ1) is 17.0. The minimum atomic E-state index is 0.694. The predicted octanol–water partition coefficient (Wildman–Crippen LogP) is 4.39. The molecular weight excluding hydrogens is 324 g/mol. The molecule has 0 N–H and O–H groups in total. The van der Waals surface area contributed by atoms with Crippen molar-refractivity contribution < 1.29 is 14.0 Å². The molecule has 0 unspecified atom stereocenters. The van der Waals surface area contributed by atoms with Gasteiger partial charge in [-0.2, -0.15) is 0 Å². The number of ether oxygens (including phenoxy) is 2. The summed E-state index contributed by atoms with van der Waals surface area (Å²) >= 11 is 1.61. The van der Waals surface area contributed by atoms with Gasteiger partial charge in [0.25, 0.3) is 0 Å². The van der Waals surface area contributed by atoms with Gasteiger partial charge < -0.3 is 14.0 Å². The molecule has 24 heavy (non-hydrogen) atoms. The number of aliphatic imine (C=N–C) groups is 1. The maximum absolute atomic E-state index is 5.81. The van der Waals surface area contributed by atoms with Crippen LogP contribution in [0.15, 0.2) is 27.7 Å². The van der Waals surface area contributed by atoms with E-state index in [1.54, 1.807) is 11.3 Å². The van der Waals surface area contributed by atoms with E-state index in [4.69, 9.17) is 14.0 Å². The van der Waals surface area contributed by atoms with E-state index in [2.05, 4.69) is 10.1 Å². The molecule has 0 bridgehead atoms. The minimum Gasteiger partial charge on any atom is -0.484 e. The summed E-state index contributed by atoms with van der Waals surface area (Å²) in [5.74, 6) is 1.76. The van der Waals surface area contributed by atoms with E-state index in [0.717, 1.165) is 59.7 Å². The largest absolute Gasteiger partial charge is 0.484 e. The first-order valence-corrected chi connectivity index (χ1v) is 9.45. The van der Waals surface area contributed by atoms with Crippen molar-refractivity contribution in [1.29, 1.82) is 0 Å². The lowest BCUT2D eigenvalue weighted by Crippen LogP contribution is -1.97. The molecule has 1 aliphatic heterocycles. The number of hydrogen-bond acceptors (Lipinski definition) is 6. The molecule has 0 aliphatic carbocycles. The van der Waals surface area contributed by atoms with E-state index >= 15 is 0 Å². The highest BCUT2D eigenvalue weighted by Gasteiger charge is 2.13. The lowest BCUT2D eigenvalue weighted by Gasteiger charge is -2.03. The van der Waals surface area contributed by atoms with Crippen molar-refractivity contribution in [2.75, 3.05) is 19.8 Å². The number of thiophene rings is 1. The monoisotopic (exact) mass is 348 g/mol.